The number of sulfone groups is 1. The zero-order valence-electron chi connectivity index (χ0n) is 11.5. The van der Waals surface area contributed by atoms with Gasteiger partial charge in [-0.15, -0.1) is 0 Å². The maximum Gasteiger partial charge on any atom is 0.326 e. The molecule has 110 valence electrons. The Hall–Kier alpha value is -1.89. The Morgan fingerprint density at radius 2 is 1.95 bits per heavy atom. The predicted octanol–water partition coefficient (Wildman–Crippen LogP) is 1.03. The van der Waals surface area contributed by atoms with Crippen molar-refractivity contribution in [3.05, 3.63) is 29.8 Å². The van der Waals surface area contributed by atoms with Crippen LogP contribution in [0.2, 0.25) is 0 Å². The second-order valence-corrected chi connectivity index (χ2v) is 6.64. The zero-order valence-corrected chi connectivity index (χ0v) is 12.3. The van der Waals surface area contributed by atoms with Crippen LogP contribution >= 0.6 is 0 Å². The molecule has 7 heteroatoms. The molecule has 1 amide bonds. The van der Waals surface area contributed by atoms with E-state index in [2.05, 4.69) is 0 Å². The van der Waals surface area contributed by atoms with Crippen LogP contribution in [0.3, 0.4) is 0 Å². The Morgan fingerprint density at radius 3 is 2.45 bits per heavy atom. The fourth-order valence-electron chi connectivity index (χ4n) is 1.53. The van der Waals surface area contributed by atoms with E-state index in [-0.39, 0.29) is 16.2 Å². The van der Waals surface area contributed by atoms with Gasteiger partial charge in [0.25, 0.3) is 5.91 Å². The summed E-state index contributed by atoms with van der Waals surface area (Å²) in [5.74, 6) is -1.72. The highest BCUT2D eigenvalue weighted by atomic mass is 32.2. The highest BCUT2D eigenvalue weighted by Gasteiger charge is 2.23. The summed E-state index contributed by atoms with van der Waals surface area (Å²) < 4.78 is 23.5. The number of carboxylic acids is 1. The second-order valence-electron chi connectivity index (χ2n) is 4.36. The van der Waals surface area contributed by atoms with Crippen LogP contribution in [0.1, 0.15) is 24.2 Å². The molecule has 0 heterocycles. The van der Waals surface area contributed by atoms with Crippen LogP contribution in [0.25, 0.3) is 0 Å². The van der Waals surface area contributed by atoms with Crippen molar-refractivity contribution < 1.29 is 23.1 Å². The molecule has 0 radical (unpaired) electrons. The van der Waals surface area contributed by atoms with Crippen molar-refractivity contribution >= 4 is 21.7 Å². The average Bonchev–Trinajstić information content (AvgIpc) is 2.44. The Balaban J connectivity index is 3.13. The first-order chi connectivity index (χ1) is 9.20. The van der Waals surface area contributed by atoms with Crippen LogP contribution in [0.5, 0.6) is 0 Å². The number of amides is 1. The van der Waals surface area contributed by atoms with Crippen molar-refractivity contribution in [3.63, 3.8) is 0 Å². The lowest BCUT2D eigenvalue weighted by Crippen LogP contribution is -2.40. The third-order valence-corrected chi connectivity index (χ3v) is 4.81. The number of hydrogen-bond donors (Lipinski definition) is 1. The minimum atomic E-state index is -3.40. The molecule has 0 aliphatic rings. The molecule has 1 N–H and O–H groups in total. The van der Waals surface area contributed by atoms with E-state index < -0.39 is 27.8 Å². The lowest BCUT2D eigenvalue weighted by molar-refractivity contribution is -0.141. The number of likely N-dealkylation sites (N-methyl/N-ethyl adjacent to an activating group) is 1. The van der Waals surface area contributed by atoms with E-state index in [1.807, 2.05) is 0 Å². The Morgan fingerprint density at radius 1 is 1.35 bits per heavy atom. The molecule has 0 saturated heterocycles. The van der Waals surface area contributed by atoms with Crippen molar-refractivity contribution in [1.82, 2.24) is 4.90 Å². The van der Waals surface area contributed by atoms with Gasteiger partial charge in [-0.1, -0.05) is 13.0 Å². The molecule has 20 heavy (non-hydrogen) atoms. The van der Waals surface area contributed by atoms with E-state index >= 15 is 0 Å². The van der Waals surface area contributed by atoms with Crippen LogP contribution in [-0.4, -0.2) is 49.1 Å². The first-order valence-electron chi connectivity index (χ1n) is 6.03. The largest absolute Gasteiger partial charge is 0.480 e. The maximum absolute atomic E-state index is 12.1. The fourth-order valence-corrected chi connectivity index (χ4v) is 2.46. The van der Waals surface area contributed by atoms with Crippen LogP contribution in [-0.2, 0) is 14.6 Å². The van der Waals surface area contributed by atoms with Gasteiger partial charge in [0.2, 0.25) is 0 Å². The molecule has 0 spiro atoms. The Bertz CT molecular complexity index is 623. The maximum atomic E-state index is 12.1. The van der Waals surface area contributed by atoms with Gasteiger partial charge in [-0.2, -0.15) is 0 Å². The molecule has 1 rings (SSSR count). The van der Waals surface area contributed by atoms with Crippen LogP contribution in [0.15, 0.2) is 29.2 Å². The van der Waals surface area contributed by atoms with E-state index in [1.165, 1.54) is 45.2 Å². The summed E-state index contributed by atoms with van der Waals surface area (Å²) >= 11 is 0. The summed E-state index contributed by atoms with van der Waals surface area (Å²) in [5.41, 5.74) is 0.148. The smallest absolute Gasteiger partial charge is 0.326 e. The molecular weight excluding hydrogens is 282 g/mol. The number of carbonyl (C=O) groups is 2. The van der Waals surface area contributed by atoms with Gasteiger partial charge in [-0.3, -0.25) is 4.79 Å². The highest BCUT2D eigenvalue weighted by Crippen LogP contribution is 2.15. The van der Waals surface area contributed by atoms with Gasteiger partial charge in [0, 0.05) is 12.6 Å². The molecule has 0 bridgehead atoms. The summed E-state index contributed by atoms with van der Waals surface area (Å²) in [7, 11) is -2.04. The van der Waals surface area contributed by atoms with Crippen LogP contribution in [0.4, 0.5) is 0 Å². The number of rotatable bonds is 5. The Labute approximate surface area is 117 Å². The normalized spacial score (nSPS) is 12.8. The minimum Gasteiger partial charge on any atom is -0.480 e. The lowest BCUT2D eigenvalue weighted by atomic mass is 10.2. The molecule has 0 aliphatic heterocycles. The van der Waals surface area contributed by atoms with Crippen LogP contribution in [0, 0.1) is 0 Å². The average molecular weight is 299 g/mol. The topological polar surface area (TPSA) is 91.8 Å². The fraction of sp³-hybridized carbons (Fsp3) is 0.385. The van der Waals surface area contributed by atoms with Crippen molar-refractivity contribution in [1.29, 1.82) is 0 Å². The SMILES string of the molecule is CCS(=O)(=O)c1cccc(C(=O)N(C)C(C)C(=O)O)c1. The molecule has 6 nitrogen and oxygen atoms in total. The molecule has 1 aromatic carbocycles. The quantitative estimate of drug-likeness (QED) is 0.876. The third kappa shape index (κ3) is 3.36. The van der Waals surface area contributed by atoms with Gasteiger partial charge in [0.15, 0.2) is 9.84 Å². The number of carbonyl (C=O) groups excluding carboxylic acids is 1. The second kappa shape index (κ2) is 6.04. The third-order valence-electron chi connectivity index (χ3n) is 3.08. The predicted molar refractivity (Wildman–Crippen MR) is 73.4 cm³/mol. The summed E-state index contributed by atoms with van der Waals surface area (Å²) in [4.78, 5) is 24.1. The summed E-state index contributed by atoms with van der Waals surface area (Å²) in [6, 6.07) is 4.62. The van der Waals surface area contributed by atoms with Crippen molar-refractivity contribution in [2.75, 3.05) is 12.8 Å². The number of aliphatic carboxylic acids is 1. The lowest BCUT2D eigenvalue weighted by Gasteiger charge is -2.21. The minimum absolute atomic E-state index is 0.0576. The summed E-state index contributed by atoms with van der Waals surface area (Å²) in [6.07, 6.45) is 0. The molecule has 0 aromatic heterocycles. The summed E-state index contributed by atoms with van der Waals surface area (Å²) in [6.45, 7) is 2.90. The zero-order chi connectivity index (χ0) is 15.5. The van der Waals surface area contributed by atoms with E-state index in [1.54, 1.807) is 0 Å². The first-order valence-corrected chi connectivity index (χ1v) is 7.68. The Kier molecular flexibility index (Phi) is 4.88. The number of hydrogen-bond acceptors (Lipinski definition) is 4. The number of benzene rings is 1. The standard InChI is InChI=1S/C13H17NO5S/c1-4-20(18,19)11-7-5-6-10(8-11)12(15)14(3)9(2)13(16)17/h5-9H,4H2,1-3H3,(H,16,17). The van der Waals surface area contributed by atoms with Crippen molar-refractivity contribution in [3.8, 4) is 0 Å². The van der Waals surface area contributed by atoms with Crippen molar-refractivity contribution in [2.24, 2.45) is 0 Å². The molecule has 0 aliphatic carbocycles. The highest BCUT2D eigenvalue weighted by molar-refractivity contribution is 7.91. The van der Waals surface area contributed by atoms with Gasteiger partial charge < -0.3 is 10.0 Å². The van der Waals surface area contributed by atoms with E-state index in [0.29, 0.717) is 0 Å². The van der Waals surface area contributed by atoms with Gasteiger partial charge >= 0.3 is 5.97 Å². The number of carboxylic acid groups (broad SMARTS) is 1. The van der Waals surface area contributed by atoms with E-state index in [9.17, 15) is 18.0 Å². The van der Waals surface area contributed by atoms with Gasteiger partial charge in [-0.05, 0) is 25.1 Å². The molecular formula is C13H17NO5S. The van der Waals surface area contributed by atoms with Gasteiger partial charge in [-0.25, -0.2) is 13.2 Å². The van der Waals surface area contributed by atoms with Crippen LogP contribution < -0.4 is 0 Å². The van der Waals surface area contributed by atoms with E-state index in [4.69, 9.17) is 5.11 Å². The molecule has 1 atom stereocenters. The van der Waals surface area contributed by atoms with E-state index in [0.717, 1.165) is 4.90 Å². The van der Waals surface area contributed by atoms with Crippen molar-refractivity contribution in [2.45, 2.75) is 24.8 Å². The molecule has 1 aromatic rings. The first kappa shape index (κ1) is 16.2. The molecule has 1 unspecified atom stereocenters. The summed E-state index contributed by atoms with van der Waals surface area (Å²) in [5, 5.41) is 8.88. The molecule has 0 saturated carbocycles. The number of nitrogens with zero attached hydrogens (tertiary/aromatic N) is 1. The van der Waals surface area contributed by atoms with Gasteiger partial charge in [0.1, 0.15) is 6.04 Å². The molecule has 0 fully saturated rings. The van der Waals surface area contributed by atoms with Gasteiger partial charge in [0.05, 0.1) is 10.6 Å². The monoisotopic (exact) mass is 299 g/mol.